The van der Waals surface area contributed by atoms with E-state index in [4.69, 9.17) is 52.1 Å². The Morgan fingerprint density at radius 2 is 0.729 bits per heavy atom. The number of fused-ring (bicyclic) bond motifs is 3. The van der Waals surface area contributed by atoms with Gasteiger partial charge in [0.1, 0.15) is 71.0 Å². The van der Waals surface area contributed by atoms with Crippen LogP contribution in [0.25, 0.3) is 100 Å². The number of morpholine rings is 2. The quantitative estimate of drug-likeness (QED) is 0.0677. The summed E-state index contributed by atoms with van der Waals surface area (Å²) in [5.74, 6) is 4.15. The number of aromatic amines is 3. The third-order valence-corrected chi connectivity index (χ3v) is 23.7. The van der Waals surface area contributed by atoms with E-state index >= 15 is 0 Å². The maximum Gasteiger partial charge on any atom is 0.211 e. The molecule has 6 aliphatic heterocycles. The molecule has 0 spiro atoms. The van der Waals surface area contributed by atoms with Crippen molar-refractivity contribution in [3.05, 3.63) is 181 Å². The minimum absolute atomic E-state index is 0.0472. The molecule has 0 atom stereocenters. The lowest BCUT2D eigenvalue weighted by molar-refractivity contribution is 0.0252. The molecule has 18 rings (SSSR count). The van der Waals surface area contributed by atoms with Crippen molar-refractivity contribution < 1.29 is 60.5 Å². The van der Waals surface area contributed by atoms with E-state index < -0.39 is 10.0 Å². The first-order chi connectivity index (χ1) is 57.8. The standard InChI is InChI=1S/C31H33N5O5S.2C30H30N4O4/c1-39-30-18-21(3-5-28(30)35-11-13-36(14-12-35)42(2,37)38)27-19-25-26(34-27)7-10-33-31(25)22-4-6-29(23(17-22)20-32)41-24-8-15-40-16-9-24;1-35-29-17-22(34-10-14-37-15-11-34)3-4-24(29)27-18-25-26(33-27)6-9-32-30(25)20-2-5-28(21(16-20)19-31)38-23-7-12-36-13-8-23;1-35-29-17-20(2-4-27(29)34-10-14-37-15-11-34)26-18-24-25(33-26)6-9-32-30(24)21-3-5-28(22(16-21)19-31)38-23-7-12-36-13-8-23/h3-7,10,17-19,24,34H,8-9,11-16H2,1-2H3;2*2-6,9,16-18,23,33H,7-8,10-15H2,1H3. The van der Waals surface area contributed by atoms with Crippen molar-refractivity contribution in [1.82, 2.24) is 34.2 Å². The number of nitrogens with zero attached hydrogens (tertiary/aromatic N) is 10. The summed E-state index contributed by atoms with van der Waals surface area (Å²) >= 11 is 0. The van der Waals surface area contributed by atoms with Crippen LogP contribution in [-0.2, 0) is 33.7 Å². The first kappa shape index (κ1) is 79.6. The van der Waals surface area contributed by atoms with Crippen molar-refractivity contribution in [3.8, 4) is 120 Å². The third kappa shape index (κ3) is 17.9. The number of methoxy groups -OCH3 is 3. The van der Waals surface area contributed by atoms with E-state index in [1.807, 2.05) is 91.0 Å². The molecule has 118 heavy (non-hydrogen) atoms. The van der Waals surface area contributed by atoms with Gasteiger partial charge in [0.15, 0.2) is 0 Å². The average Bonchev–Trinajstić information content (AvgIpc) is 1.63. The highest BCUT2D eigenvalue weighted by atomic mass is 32.2. The molecule has 0 amide bonds. The first-order valence-corrected chi connectivity index (χ1v) is 41.9. The van der Waals surface area contributed by atoms with E-state index in [-0.39, 0.29) is 18.3 Å². The van der Waals surface area contributed by atoms with Crippen LogP contribution >= 0.6 is 0 Å². The summed E-state index contributed by atoms with van der Waals surface area (Å²) in [6, 6.07) is 54.8. The topological polar surface area (TPSA) is 306 Å². The summed E-state index contributed by atoms with van der Waals surface area (Å²) in [7, 11) is 1.85. The highest BCUT2D eigenvalue weighted by Crippen LogP contribution is 2.43. The maximum absolute atomic E-state index is 11.9. The van der Waals surface area contributed by atoms with E-state index in [2.05, 4.69) is 117 Å². The lowest BCUT2D eigenvalue weighted by Crippen LogP contribution is -2.48. The Morgan fingerprint density at radius 1 is 0.373 bits per heavy atom. The van der Waals surface area contributed by atoms with Crippen LogP contribution < -0.4 is 43.1 Å². The minimum atomic E-state index is -3.20. The Labute approximate surface area is 685 Å². The molecule has 0 saturated carbocycles. The van der Waals surface area contributed by atoms with Gasteiger partial charge in [0.2, 0.25) is 10.0 Å². The first-order valence-electron chi connectivity index (χ1n) is 40.0. The molecule has 0 radical (unpaired) electrons. The van der Waals surface area contributed by atoms with Crippen LogP contribution in [0.4, 0.5) is 17.1 Å². The van der Waals surface area contributed by atoms with Crippen LogP contribution in [0.2, 0.25) is 0 Å². The second kappa shape index (κ2) is 36.5. The van der Waals surface area contributed by atoms with Crippen molar-refractivity contribution in [2.24, 2.45) is 0 Å². The minimum Gasteiger partial charge on any atom is -0.496 e. The monoisotopic (exact) mass is 1610 g/mol. The number of nitriles is 3. The molecule has 27 heteroatoms. The fourth-order valence-corrected chi connectivity index (χ4v) is 16.9. The molecule has 0 bridgehead atoms. The van der Waals surface area contributed by atoms with Gasteiger partial charge in [-0.1, -0.05) is 12.1 Å². The van der Waals surface area contributed by atoms with E-state index in [1.54, 1.807) is 39.9 Å². The molecule has 0 unspecified atom stereocenters. The average molecular weight is 1610 g/mol. The summed E-state index contributed by atoms with van der Waals surface area (Å²) in [5.41, 5.74) is 18.2. The van der Waals surface area contributed by atoms with Crippen molar-refractivity contribution in [1.29, 1.82) is 15.8 Å². The molecule has 6 aromatic carbocycles. The van der Waals surface area contributed by atoms with Crippen LogP contribution in [0, 0.1) is 34.0 Å². The highest BCUT2D eigenvalue weighted by molar-refractivity contribution is 7.88. The molecule has 606 valence electrons. The Balaban J connectivity index is 0.000000132. The van der Waals surface area contributed by atoms with Gasteiger partial charge in [-0.25, -0.2) is 8.42 Å². The number of ether oxygens (including phenoxy) is 11. The predicted octanol–water partition coefficient (Wildman–Crippen LogP) is 14.8. The van der Waals surface area contributed by atoms with Gasteiger partial charge in [0.25, 0.3) is 0 Å². The highest BCUT2D eigenvalue weighted by Gasteiger charge is 2.29. The molecule has 12 heterocycles. The summed E-state index contributed by atoms with van der Waals surface area (Å²) in [5, 5.41) is 32.5. The summed E-state index contributed by atoms with van der Waals surface area (Å²) < 4.78 is 88.3. The molecule has 26 nitrogen and oxygen atoms in total. The Kier molecular flexibility index (Phi) is 24.6. The zero-order valence-corrected chi connectivity index (χ0v) is 67.3. The van der Waals surface area contributed by atoms with Gasteiger partial charge < -0.3 is 81.8 Å². The molecule has 6 fully saturated rings. The zero-order chi connectivity index (χ0) is 81.1. The number of piperazine rings is 1. The Hall–Kier alpha value is -12.2. The number of hydrogen-bond acceptors (Lipinski definition) is 22. The van der Waals surface area contributed by atoms with Gasteiger partial charge in [0, 0.05) is 199 Å². The zero-order valence-electron chi connectivity index (χ0n) is 66.5. The summed E-state index contributed by atoms with van der Waals surface area (Å²) in [4.78, 5) is 31.4. The van der Waals surface area contributed by atoms with E-state index in [9.17, 15) is 24.2 Å². The van der Waals surface area contributed by atoms with Crippen molar-refractivity contribution >= 4 is 59.8 Å². The number of H-pyrrole nitrogens is 3. The molecule has 3 N–H and O–H groups in total. The van der Waals surface area contributed by atoms with Gasteiger partial charge in [-0.3, -0.25) is 15.0 Å². The van der Waals surface area contributed by atoms with Crippen molar-refractivity contribution in [3.63, 3.8) is 0 Å². The number of nitrogens with one attached hydrogen (secondary N) is 3. The number of rotatable bonds is 19. The van der Waals surface area contributed by atoms with Crippen LogP contribution in [-0.4, -0.2) is 207 Å². The molecule has 0 aliphatic carbocycles. The molecule has 6 aliphatic rings. The largest absolute Gasteiger partial charge is 0.496 e. The SMILES string of the molecule is COc1cc(-c2cc3c(-c4ccc(OC5CCOCC5)c(C#N)c4)nccc3[nH]2)ccc1N1CCN(S(C)(=O)=O)CC1.COc1cc(-c2cc3c(-c4ccc(OC5CCOCC5)c(C#N)c4)nccc3[nH]2)ccc1N1CCOCC1.COc1cc(N2CCOCC2)ccc1-c1cc2c(-c3ccc(OC4CCOCC4)c(C#N)c3)nccc2[nH]1. The second-order valence-electron chi connectivity index (χ2n) is 29.7. The van der Waals surface area contributed by atoms with E-state index in [0.717, 1.165) is 226 Å². The maximum atomic E-state index is 11.9. The van der Waals surface area contributed by atoms with Gasteiger partial charge in [-0.05, 0) is 127 Å². The lowest BCUT2D eigenvalue weighted by Gasteiger charge is -2.35. The molecule has 12 aromatic rings. The van der Waals surface area contributed by atoms with Crippen LogP contribution in [0.5, 0.6) is 34.5 Å². The van der Waals surface area contributed by atoms with Gasteiger partial charge in [-0.2, -0.15) is 20.1 Å². The number of anilines is 3. The van der Waals surface area contributed by atoms with E-state index in [1.165, 1.54) is 10.6 Å². The number of aromatic nitrogens is 6. The van der Waals surface area contributed by atoms with Crippen molar-refractivity contribution in [2.45, 2.75) is 56.8 Å². The number of hydrogen-bond donors (Lipinski definition) is 3. The van der Waals surface area contributed by atoms with Gasteiger partial charge in [0.05, 0.1) is 144 Å². The van der Waals surface area contributed by atoms with Gasteiger partial charge >= 0.3 is 0 Å². The van der Waals surface area contributed by atoms with Gasteiger partial charge in [-0.15, -0.1) is 0 Å². The third-order valence-electron chi connectivity index (χ3n) is 22.4. The molecular weight excluding hydrogens is 1520 g/mol. The lowest BCUT2D eigenvalue weighted by atomic mass is 10.0. The van der Waals surface area contributed by atoms with E-state index in [0.29, 0.717) is 99.8 Å². The second-order valence-corrected chi connectivity index (χ2v) is 31.7. The molecular formula is C91H93N13O13S. The van der Waals surface area contributed by atoms with Crippen LogP contribution in [0.15, 0.2) is 164 Å². The fourth-order valence-electron chi connectivity index (χ4n) is 16.0. The van der Waals surface area contributed by atoms with Crippen LogP contribution in [0.1, 0.15) is 55.2 Å². The van der Waals surface area contributed by atoms with Crippen molar-refractivity contribution in [2.75, 3.05) is 161 Å². The van der Waals surface area contributed by atoms with Crippen LogP contribution in [0.3, 0.4) is 0 Å². The number of benzene rings is 6. The summed E-state index contributed by atoms with van der Waals surface area (Å²) in [6.07, 6.45) is 11.7. The molecule has 6 saturated heterocycles. The Bertz CT molecular complexity index is 5830. The normalized spacial score (nSPS) is 16.5. The predicted molar refractivity (Wildman–Crippen MR) is 453 cm³/mol. The number of pyridine rings is 3. The smallest absolute Gasteiger partial charge is 0.211 e. The number of sulfonamides is 1. The Morgan fingerprint density at radius 3 is 1.11 bits per heavy atom. The summed E-state index contributed by atoms with van der Waals surface area (Å²) in [6.45, 7) is 12.5. The fraction of sp³-hybridized carbons (Fsp3) is 0.341. The molecule has 6 aromatic heterocycles.